The van der Waals surface area contributed by atoms with Gasteiger partial charge in [-0.1, -0.05) is 12.8 Å². The Bertz CT molecular complexity index is 440. The maximum Gasteiger partial charge on any atom is 0.212 e. The summed E-state index contributed by atoms with van der Waals surface area (Å²) < 4.78 is 26.4. The first kappa shape index (κ1) is 15.7. The van der Waals surface area contributed by atoms with Crippen molar-refractivity contribution in [3.05, 3.63) is 0 Å². The molecule has 2 fully saturated rings. The van der Waals surface area contributed by atoms with E-state index in [-0.39, 0.29) is 11.7 Å². The Kier molecular flexibility index (Phi) is 5.82. The van der Waals surface area contributed by atoms with E-state index < -0.39 is 10.0 Å². The normalized spacial score (nSPS) is 27.8. The molecule has 2 saturated carbocycles. The van der Waals surface area contributed by atoms with Crippen LogP contribution in [0.1, 0.15) is 44.9 Å². The Morgan fingerprint density at radius 1 is 1.15 bits per heavy atom. The van der Waals surface area contributed by atoms with E-state index in [0.29, 0.717) is 25.0 Å². The summed E-state index contributed by atoms with van der Waals surface area (Å²) in [7, 11) is -3.15. The number of nitrogens with one attached hydrogen (secondary N) is 2. The molecular weight excluding hydrogens is 274 g/mol. The predicted molar refractivity (Wildman–Crippen MR) is 78.5 cm³/mol. The molecule has 0 spiro atoms. The zero-order valence-electron chi connectivity index (χ0n) is 12.0. The molecule has 0 aromatic rings. The van der Waals surface area contributed by atoms with Crippen LogP contribution >= 0.6 is 0 Å². The van der Waals surface area contributed by atoms with Crippen molar-refractivity contribution >= 4 is 10.0 Å². The van der Waals surface area contributed by atoms with Gasteiger partial charge >= 0.3 is 0 Å². The zero-order valence-corrected chi connectivity index (χ0v) is 12.8. The van der Waals surface area contributed by atoms with Crippen molar-refractivity contribution in [2.24, 2.45) is 11.8 Å². The molecule has 0 bridgehead atoms. The van der Waals surface area contributed by atoms with Gasteiger partial charge in [0.05, 0.1) is 11.8 Å². The fourth-order valence-electron chi connectivity index (χ4n) is 2.90. The average molecular weight is 299 g/mol. The lowest BCUT2D eigenvalue weighted by Crippen LogP contribution is -2.40. The molecule has 0 saturated heterocycles. The van der Waals surface area contributed by atoms with Crippen molar-refractivity contribution in [1.29, 1.82) is 5.26 Å². The lowest BCUT2D eigenvalue weighted by atomic mass is 9.86. The summed E-state index contributed by atoms with van der Waals surface area (Å²) in [6, 6.07) is 2.62. The molecule has 2 atom stereocenters. The molecule has 0 radical (unpaired) electrons. The van der Waals surface area contributed by atoms with Gasteiger partial charge < -0.3 is 5.32 Å². The molecule has 114 valence electrons. The quantitative estimate of drug-likeness (QED) is 0.744. The highest BCUT2D eigenvalue weighted by molar-refractivity contribution is 7.89. The van der Waals surface area contributed by atoms with Crippen LogP contribution in [0.2, 0.25) is 0 Å². The lowest BCUT2D eigenvalue weighted by Gasteiger charge is -2.27. The molecule has 0 aromatic carbocycles. The van der Waals surface area contributed by atoms with Crippen LogP contribution in [-0.2, 0) is 10.0 Å². The van der Waals surface area contributed by atoms with Crippen molar-refractivity contribution in [3.8, 4) is 6.07 Å². The highest BCUT2D eigenvalue weighted by Gasteiger charge is 2.22. The number of hydrogen-bond acceptors (Lipinski definition) is 4. The summed E-state index contributed by atoms with van der Waals surface area (Å²) in [5.41, 5.74) is 0. The molecule has 0 heterocycles. The molecule has 2 aliphatic carbocycles. The molecule has 6 heteroatoms. The number of rotatable bonds is 7. The zero-order chi connectivity index (χ0) is 14.4. The number of nitriles is 1. The van der Waals surface area contributed by atoms with E-state index in [0.717, 1.165) is 38.5 Å². The summed E-state index contributed by atoms with van der Waals surface area (Å²) in [5.74, 6) is 0.815. The minimum absolute atomic E-state index is 0.132. The Balaban J connectivity index is 1.62. The average Bonchev–Trinajstić information content (AvgIpc) is 2.37. The largest absolute Gasteiger partial charge is 0.313 e. The van der Waals surface area contributed by atoms with E-state index in [1.165, 1.54) is 6.42 Å². The van der Waals surface area contributed by atoms with Crippen LogP contribution in [0.4, 0.5) is 0 Å². The number of sulfonamides is 1. The smallest absolute Gasteiger partial charge is 0.212 e. The predicted octanol–water partition coefficient (Wildman–Crippen LogP) is 1.38. The molecule has 2 N–H and O–H groups in total. The standard InChI is InChI=1S/C14H25N3O2S/c15-10-13-5-2-6-14(9-13)16-7-8-20(18,19)17-11-12-3-1-4-12/h12-14,16-17H,1-9,11H2/t13-,14+/m0/s1. The Morgan fingerprint density at radius 2 is 1.90 bits per heavy atom. The van der Waals surface area contributed by atoms with Crippen molar-refractivity contribution in [2.45, 2.75) is 51.0 Å². The molecule has 5 nitrogen and oxygen atoms in total. The maximum absolute atomic E-state index is 11.8. The first-order valence-corrected chi connectivity index (χ1v) is 9.34. The van der Waals surface area contributed by atoms with E-state index in [4.69, 9.17) is 5.26 Å². The van der Waals surface area contributed by atoms with Gasteiger partial charge in [0.25, 0.3) is 0 Å². The number of nitrogens with zero attached hydrogens (tertiary/aromatic N) is 1. The molecule has 0 aromatic heterocycles. The lowest BCUT2D eigenvalue weighted by molar-refractivity contribution is 0.316. The highest BCUT2D eigenvalue weighted by Crippen LogP contribution is 2.25. The van der Waals surface area contributed by atoms with E-state index in [1.54, 1.807) is 0 Å². The van der Waals surface area contributed by atoms with Gasteiger partial charge in [-0.25, -0.2) is 13.1 Å². The second-order valence-electron chi connectivity index (χ2n) is 6.11. The Labute approximate surface area is 122 Å². The van der Waals surface area contributed by atoms with E-state index in [2.05, 4.69) is 16.1 Å². The van der Waals surface area contributed by atoms with Gasteiger partial charge in [-0.05, 0) is 38.0 Å². The Hall–Kier alpha value is -0.640. The van der Waals surface area contributed by atoms with Gasteiger partial charge in [-0.3, -0.25) is 0 Å². The molecule has 0 aliphatic heterocycles. The minimum Gasteiger partial charge on any atom is -0.313 e. The third-order valence-electron chi connectivity index (χ3n) is 4.48. The van der Waals surface area contributed by atoms with Gasteiger partial charge in [0.1, 0.15) is 0 Å². The summed E-state index contributed by atoms with van der Waals surface area (Å²) in [6.07, 6.45) is 7.48. The summed E-state index contributed by atoms with van der Waals surface area (Å²) in [6.45, 7) is 1.07. The van der Waals surface area contributed by atoms with E-state index in [1.807, 2.05) is 0 Å². The second kappa shape index (κ2) is 7.39. The van der Waals surface area contributed by atoms with Crippen LogP contribution in [0, 0.1) is 23.2 Å². The van der Waals surface area contributed by atoms with E-state index in [9.17, 15) is 8.42 Å². The number of hydrogen-bond donors (Lipinski definition) is 2. The van der Waals surface area contributed by atoms with Gasteiger partial charge in [-0.2, -0.15) is 5.26 Å². The van der Waals surface area contributed by atoms with Crippen molar-refractivity contribution < 1.29 is 8.42 Å². The van der Waals surface area contributed by atoms with Crippen molar-refractivity contribution in [3.63, 3.8) is 0 Å². The SMILES string of the molecule is N#C[C@H]1CCC[C@@H](NCCS(=O)(=O)NCC2CCC2)C1. The fraction of sp³-hybridized carbons (Fsp3) is 0.929. The summed E-state index contributed by atoms with van der Waals surface area (Å²) in [5, 5.41) is 12.2. The summed E-state index contributed by atoms with van der Waals surface area (Å²) >= 11 is 0. The molecular formula is C14H25N3O2S. The topological polar surface area (TPSA) is 82.0 Å². The van der Waals surface area contributed by atoms with Gasteiger partial charge in [0, 0.05) is 25.0 Å². The van der Waals surface area contributed by atoms with Crippen LogP contribution < -0.4 is 10.0 Å². The molecule has 2 aliphatic rings. The first-order valence-electron chi connectivity index (χ1n) is 7.69. The third kappa shape index (κ3) is 5.04. The van der Waals surface area contributed by atoms with Crippen molar-refractivity contribution in [2.75, 3.05) is 18.8 Å². The monoisotopic (exact) mass is 299 g/mol. The highest BCUT2D eigenvalue weighted by atomic mass is 32.2. The van der Waals surface area contributed by atoms with Gasteiger partial charge in [0.2, 0.25) is 10.0 Å². The first-order chi connectivity index (χ1) is 9.59. The van der Waals surface area contributed by atoms with Crippen molar-refractivity contribution in [1.82, 2.24) is 10.0 Å². The molecule has 20 heavy (non-hydrogen) atoms. The second-order valence-corrected chi connectivity index (χ2v) is 8.03. The van der Waals surface area contributed by atoms with Crippen LogP contribution in [-0.4, -0.2) is 33.3 Å². The van der Waals surface area contributed by atoms with Crippen LogP contribution in [0.5, 0.6) is 0 Å². The van der Waals surface area contributed by atoms with Crippen LogP contribution in [0.3, 0.4) is 0 Å². The molecule has 0 amide bonds. The fourth-order valence-corrected chi connectivity index (χ4v) is 3.92. The maximum atomic E-state index is 11.8. The molecule has 0 unspecified atom stereocenters. The third-order valence-corrected chi connectivity index (χ3v) is 5.83. The van der Waals surface area contributed by atoms with E-state index >= 15 is 0 Å². The minimum atomic E-state index is -3.15. The summed E-state index contributed by atoms with van der Waals surface area (Å²) in [4.78, 5) is 0. The van der Waals surface area contributed by atoms with Crippen LogP contribution in [0.25, 0.3) is 0 Å². The Morgan fingerprint density at radius 3 is 2.55 bits per heavy atom. The van der Waals surface area contributed by atoms with Gasteiger partial charge in [0.15, 0.2) is 0 Å². The van der Waals surface area contributed by atoms with Gasteiger partial charge in [-0.15, -0.1) is 0 Å². The van der Waals surface area contributed by atoms with Crippen LogP contribution in [0.15, 0.2) is 0 Å². The molecule has 2 rings (SSSR count).